The van der Waals surface area contributed by atoms with Crippen molar-refractivity contribution >= 4 is 21.5 Å². The highest BCUT2D eigenvalue weighted by Gasteiger charge is 2.16. The summed E-state index contributed by atoms with van der Waals surface area (Å²) in [6.07, 6.45) is 3.30. The topological polar surface area (TPSA) is 9.23 Å². The van der Waals surface area contributed by atoms with Gasteiger partial charge in [-0.15, -0.1) is 0 Å². The lowest BCUT2D eigenvalue weighted by Crippen LogP contribution is -2.01. The van der Waals surface area contributed by atoms with E-state index in [-0.39, 0.29) is 0 Å². The van der Waals surface area contributed by atoms with Crippen molar-refractivity contribution in [3.63, 3.8) is 0 Å². The third-order valence-electron chi connectivity index (χ3n) is 3.79. The molecule has 0 aliphatic rings. The molecule has 21 heavy (non-hydrogen) atoms. The van der Waals surface area contributed by atoms with Crippen LogP contribution in [0.25, 0.3) is 5.57 Å². The molecule has 0 aliphatic carbocycles. The van der Waals surface area contributed by atoms with Gasteiger partial charge in [-0.2, -0.15) is 0 Å². The molecule has 0 aliphatic heterocycles. The van der Waals surface area contributed by atoms with E-state index in [4.69, 9.17) is 4.74 Å². The molecule has 0 heterocycles. The van der Waals surface area contributed by atoms with E-state index in [1.165, 1.54) is 16.7 Å². The zero-order valence-corrected chi connectivity index (χ0v) is 14.4. The number of rotatable bonds is 5. The van der Waals surface area contributed by atoms with Gasteiger partial charge in [-0.25, -0.2) is 0 Å². The van der Waals surface area contributed by atoms with Crippen molar-refractivity contribution in [2.75, 3.05) is 7.11 Å². The van der Waals surface area contributed by atoms with Crippen LogP contribution in [0.1, 0.15) is 37.3 Å². The van der Waals surface area contributed by atoms with Gasteiger partial charge in [-0.1, -0.05) is 53.2 Å². The van der Waals surface area contributed by atoms with Gasteiger partial charge >= 0.3 is 0 Å². The van der Waals surface area contributed by atoms with Crippen LogP contribution in [0.2, 0.25) is 0 Å². The highest BCUT2D eigenvalue weighted by molar-refractivity contribution is 9.10. The van der Waals surface area contributed by atoms with E-state index in [9.17, 15) is 0 Å². The number of hydrogen-bond donors (Lipinski definition) is 0. The Kier molecular flexibility index (Phi) is 5.63. The zero-order chi connectivity index (χ0) is 15.2. The Bertz CT molecular complexity index is 596. The summed E-state index contributed by atoms with van der Waals surface area (Å²) in [5.41, 5.74) is 3.97. The van der Waals surface area contributed by atoms with E-state index in [0.29, 0.717) is 5.92 Å². The summed E-state index contributed by atoms with van der Waals surface area (Å²) in [5, 5.41) is 0. The van der Waals surface area contributed by atoms with Crippen LogP contribution in [0, 0.1) is 0 Å². The molecule has 0 N–H and O–H groups in total. The Balaban J connectivity index is 2.35. The van der Waals surface area contributed by atoms with Crippen LogP contribution in [0.5, 0.6) is 5.75 Å². The minimum Gasteiger partial charge on any atom is -0.497 e. The number of allylic oxidation sites excluding steroid dienone is 2. The number of hydrogen-bond acceptors (Lipinski definition) is 1. The number of halogens is 1. The molecular formula is C19H21BrO. The highest BCUT2D eigenvalue weighted by Crippen LogP contribution is 2.35. The first-order chi connectivity index (χ1) is 10.2. The summed E-state index contributed by atoms with van der Waals surface area (Å²) < 4.78 is 6.36. The molecule has 0 saturated carbocycles. The fourth-order valence-corrected chi connectivity index (χ4v) is 2.95. The number of benzene rings is 2. The van der Waals surface area contributed by atoms with Crippen molar-refractivity contribution in [1.82, 2.24) is 0 Å². The van der Waals surface area contributed by atoms with Gasteiger partial charge in [0.05, 0.1) is 7.11 Å². The van der Waals surface area contributed by atoms with E-state index in [1.807, 2.05) is 12.1 Å². The molecule has 0 fully saturated rings. The highest BCUT2D eigenvalue weighted by atomic mass is 79.9. The normalized spacial score (nSPS) is 13.0. The predicted molar refractivity (Wildman–Crippen MR) is 93.8 cm³/mol. The Morgan fingerprint density at radius 1 is 1.10 bits per heavy atom. The predicted octanol–water partition coefficient (Wildman–Crippen LogP) is 6.05. The summed E-state index contributed by atoms with van der Waals surface area (Å²) in [5.74, 6) is 1.31. The van der Waals surface area contributed by atoms with Gasteiger partial charge in [0, 0.05) is 10.4 Å². The summed E-state index contributed by atoms with van der Waals surface area (Å²) in [7, 11) is 1.70. The van der Waals surface area contributed by atoms with Crippen molar-refractivity contribution in [2.45, 2.75) is 26.2 Å². The summed E-state index contributed by atoms with van der Waals surface area (Å²) in [6.45, 7) is 4.35. The van der Waals surface area contributed by atoms with E-state index >= 15 is 0 Å². The van der Waals surface area contributed by atoms with E-state index in [2.05, 4.69) is 72.3 Å². The van der Waals surface area contributed by atoms with E-state index in [1.54, 1.807) is 7.11 Å². The van der Waals surface area contributed by atoms with E-state index < -0.39 is 0 Å². The Labute approximate surface area is 135 Å². The largest absolute Gasteiger partial charge is 0.497 e. The molecule has 0 aromatic heterocycles. The maximum atomic E-state index is 5.24. The monoisotopic (exact) mass is 344 g/mol. The van der Waals surface area contributed by atoms with Gasteiger partial charge in [0.15, 0.2) is 0 Å². The molecule has 0 saturated heterocycles. The first-order valence-electron chi connectivity index (χ1n) is 7.25. The Morgan fingerprint density at radius 3 is 2.19 bits per heavy atom. The lowest BCUT2D eigenvalue weighted by Gasteiger charge is -2.20. The quantitative estimate of drug-likeness (QED) is 0.640. The Hall–Kier alpha value is -1.54. The molecule has 0 bridgehead atoms. The second kappa shape index (κ2) is 7.46. The molecule has 0 amide bonds. The minimum atomic E-state index is 0.413. The van der Waals surface area contributed by atoms with Crippen molar-refractivity contribution < 1.29 is 4.74 Å². The van der Waals surface area contributed by atoms with Crippen LogP contribution in [-0.4, -0.2) is 7.11 Å². The van der Waals surface area contributed by atoms with Crippen LogP contribution >= 0.6 is 15.9 Å². The second-order valence-electron chi connectivity index (χ2n) is 4.98. The van der Waals surface area contributed by atoms with Crippen molar-refractivity contribution in [1.29, 1.82) is 0 Å². The molecule has 2 aromatic rings. The van der Waals surface area contributed by atoms with Crippen LogP contribution in [0.15, 0.2) is 59.1 Å². The second-order valence-corrected chi connectivity index (χ2v) is 5.90. The van der Waals surface area contributed by atoms with Crippen LogP contribution in [-0.2, 0) is 0 Å². The SMILES string of the molecule is C/C=C(\c1ccc(OC)cc1)[C@@H](CC)c1ccc(Br)cc1. The third kappa shape index (κ3) is 3.76. The van der Waals surface area contributed by atoms with Gasteiger partial charge < -0.3 is 4.74 Å². The third-order valence-corrected chi connectivity index (χ3v) is 4.32. The summed E-state index contributed by atoms with van der Waals surface area (Å²) >= 11 is 3.50. The smallest absolute Gasteiger partial charge is 0.118 e. The fourth-order valence-electron chi connectivity index (χ4n) is 2.68. The van der Waals surface area contributed by atoms with Gasteiger partial charge in [0.2, 0.25) is 0 Å². The molecule has 2 aromatic carbocycles. The van der Waals surface area contributed by atoms with Gasteiger partial charge in [0.25, 0.3) is 0 Å². The molecule has 2 heteroatoms. The Morgan fingerprint density at radius 2 is 1.71 bits per heavy atom. The van der Waals surface area contributed by atoms with Crippen LogP contribution in [0.4, 0.5) is 0 Å². The lowest BCUT2D eigenvalue weighted by molar-refractivity contribution is 0.415. The zero-order valence-electron chi connectivity index (χ0n) is 12.8. The minimum absolute atomic E-state index is 0.413. The lowest BCUT2D eigenvalue weighted by atomic mass is 9.85. The summed E-state index contributed by atoms with van der Waals surface area (Å²) in [4.78, 5) is 0. The van der Waals surface area contributed by atoms with Crippen LogP contribution in [0.3, 0.4) is 0 Å². The number of ether oxygens (including phenoxy) is 1. The van der Waals surface area contributed by atoms with Crippen LogP contribution < -0.4 is 4.74 Å². The molecule has 0 spiro atoms. The maximum absolute atomic E-state index is 5.24. The molecule has 0 unspecified atom stereocenters. The van der Waals surface area contributed by atoms with Crippen molar-refractivity contribution in [3.8, 4) is 5.75 Å². The van der Waals surface area contributed by atoms with Gasteiger partial charge in [-0.3, -0.25) is 0 Å². The maximum Gasteiger partial charge on any atom is 0.118 e. The van der Waals surface area contributed by atoms with Crippen molar-refractivity contribution in [3.05, 3.63) is 70.2 Å². The standard InChI is InChI=1S/C19H21BrO/c1-4-18(14-6-10-16(20)11-7-14)19(5-2)15-8-12-17(21-3)13-9-15/h5-13,18H,4H2,1-3H3/b19-5+/t18-/m0/s1. The molecule has 1 atom stereocenters. The fraction of sp³-hybridized carbons (Fsp3) is 0.263. The first-order valence-corrected chi connectivity index (χ1v) is 8.05. The first kappa shape index (κ1) is 15.8. The van der Waals surface area contributed by atoms with Gasteiger partial charge in [0.1, 0.15) is 5.75 Å². The van der Waals surface area contributed by atoms with Gasteiger partial charge in [-0.05, 0) is 54.3 Å². The molecule has 110 valence electrons. The molecule has 1 nitrogen and oxygen atoms in total. The number of methoxy groups -OCH3 is 1. The molecular weight excluding hydrogens is 324 g/mol. The van der Waals surface area contributed by atoms with E-state index in [0.717, 1.165) is 16.6 Å². The average molecular weight is 345 g/mol. The average Bonchev–Trinajstić information content (AvgIpc) is 2.54. The van der Waals surface area contributed by atoms with Crippen molar-refractivity contribution in [2.24, 2.45) is 0 Å². The molecule has 0 radical (unpaired) electrons. The molecule has 2 rings (SSSR count). The summed E-state index contributed by atoms with van der Waals surface area (Å²) in [6, 6.07) is 16.9.